The Balaban J connectivity index is 0.000000339. The predicted octanol–water partition coefficient (Wildman–Crippen LogP) is 3.61. The predicted molar refractivity (Wildman–Crippen MR) is 123 cm³/mol. The fraction of sp³-hybridized carbons (Fsp3) is 0.174. The zero-order valence-electron chi connectivity index (χ0n) is 17.4. The average molecular weight is 440 g/mol. The molecule has 4 rings (SSSR count). The Morgan fingerprint density at radius 3 is 2.03 bits per heavy atom. The van der Waals surface area contributed by atoms with E-state index in [1.54, 1.807) is 0 Å². The minimum Gasteiger partial charge on any atom is -0.726 e. The Kier molecular flexibility index (Phi) is 6.74. The largest absolute Gasteiger partial charge is 0.726 e. The van der Waals surface area contributed by atoms with Crippen molar-refractivity contribution in [3.8, 4) is 11.3 Å². The highest BCUT2D eigenvalue weighted by atomic mass is 32.3. The summed E-state index contributed by atoms with van der Waals surface area (Å²) in [5, 5.41) is 3.56. The molecule has 0 spiro atoms. The van der Waals surface area contributed by atoms with Gasteiger partial charge in [0.25, 0.3) is 0 Å². The second-order valence-electron chi connectivity index (χ2n) is 6.86. The number of hydrogen-bond acceptors (Lipinski definition) is 6. The highest BCUT2D eigenvalue weighted by Crippen LogP contribution is 2.33. The van der Waals surface area contributed by atoms with Gasteiger partial charge < -0.3 is 16.0 Å². The lowest BCUT2D eigenvalue weighted by molar-refractivity contribution is -0.655. The van der Waals surface area contributed by atoms with E-state index in [1.165, 1.54) is 34.3 Å². The number of fused-ring (bicyclic) bond motifs is 3. The molecule has 0 aliphatic rings. The lowest BCUT2D eigenvalue weighted by atomic mass is 9.98. The topological polar surface area (TPSA) is 122 Å². The summed E-state index contributed by atoms with van der Waals surface area (Å²) < 4.78 is 34.3. The number of hydrogen-bond donors (Lipinski definition) is 2. The van der Waals surface area contributed by atoms with Crippen LogP contribution in [-0.2, 0) is 21.1 Å². The van der Waals surface area contributed by atoms with Crippen LogP contribution in [0.3, 0.4) is 0 Å². The van der Waals surface area contributed by atoms with E-state index in [1.807, 2.05) is 18.2 Å². The molecule has 162 valence electrons. The van der Waals surface area contributed by atoms with Gasteiger partial charge in [-0.1, -0.05) is 24.3 Å². The third-order valence-electron chi connectivity index (χ3n) is 4.80. The van der Waals surface area contributed by atoms with Gasteiger partial charge in [-0.05, 0) is 50.2 Å². The average Bonchev–Trinajstić information content (AvgIpc) is 2.72. The highest BCUT2D eigenvalue weighted by Gasteiger charge is 2.22. The number of rotatable bonds is 4. The van der Waals surface area contributed by atoms with Crippen LogP contribution in [-0.4, -0.2) is 19.6 Å². The Morgan fingerprint density at radius 1 is 0.871 bits per heavy atom. The minimum absolute atomic E-state index is 0.0914. The van der Waals surface area contributed by atoms with Gasteiger partial charge in [0.2, 0.25) is 21.6 Å². The number of nitrogens with two attached hydrogens (primary N) is 2. The van der Waals surface area contributed by atoms with Crippen molar-refractivity contribution in [1.82, 2.24) is 0 Å². The van der Waals surface area contributed by atoms with E-state index in [2.05, 4.69) is 64.2 Å². The van der Waals surface area contributed by atoms with Crippen LogP contribution in [0, 0.1) is 0 Å². The first-order valence-electron chi connectivity index (χ1n) is 9.85. The Labute approximate surface area is 181 Å². The van der Waals surface area contributed by atoms with E-state index in [4.69, 9.17) is 11.5 Å². The molecule has 0 amide bonds. The van der Waals surface area contributed by atoms with E-state index in [0.717, 1.165) is 23.4 Å². The maximum atomic E-state index is 9.45. The molecular formula is C23H25N3O4S. The van der Waals surface area contributed by atoms with E-state index < -0.39 is 10.4 Å². The summed E-state index contributed by atoms with van der Waals surface area (Å²) in [4.78, 5) is 0. The molecule has 0 unspecified atom stereocenters. The van der Waals surface area contributed by atoms with Gasteiger partial charge in [-0.2, -0.15) is 4.57 Å². The molecule has 0 aliphatic carbocycles. The first kappa shape index (κ1) is 22.5. The fourth-order valence-electron chi connectivity index (χ4n) is 3.64. The zero-order chi connectivity index (χ0) is 22.6. The molecule has 0 atom stereocenters. The van der Waals surface area contributed by atoms with Crippen molar-refractivity contribution >= 4 is 43.4 Å². The van der Waals surface area contributed by atoms with Gasteiger partial charge in [0.15, 0.2) is 0 Å². The summed E-state index contributed by atoms with van der Waals surface area (Å²) in [7, 11) is -4.42. The van der Waals surface area contributed by atoms with Crippen LogP contribution in [0.25, 0.3) is 32.9 Å². The summed E-state index contributed by atoms with van der Waals surface area (Å²) in [6.45, 7) is 4.35. The maximum Gasteiger partial charge on any atom is 0.220 e. The first-order valence-corrected chi connectivity index (χ1v) is 11.2. The summed E-state index contributed by atoms with van der Waals surface area (Å²) in [6.07, 6.45) is 0. The molecule has 1 heterocycles. The molecular weight excluding hydrogens is 414 g/mol. The monoisotopic (exact) mass is 439 g/mol. The number of benzene rings is 3. The summed E-state index contributed by atoms with van der Waals surface area (Å²) >= 11 is 0. The van der Waals surface area contributed by atoms with Gasteiger partial charge in [0.05, 0.1) is 17.4 Å². The van der Waals surface area contributed by atoms with Crippen LogP contribution in [0.4, 0.5) is 11.4 Å². The first-order chi connectivity index (χ1) is 14.7. The summed E-state index contributed by atoms with van der Waals surface area (Å²) in [5.41, 5.74) is 17.2. The SMILES string of the molecule is CCOS(=O)(=O)[O-].CC[n+]1c(-c2ccccc2)c2cc(N)ccc2c2ccc(N)cc21. The van der Waals surface area contributed by atoms with Crippen molar-refractivity contribution in [1.29, 1.82) is 0 Å². The normalized spacial score (nSPS) is 11.3. The van der Waals surface area contributed by atoms with Crippen LogP contribution in [0.1, 0.15) is 13.8 Å². The minimum atomic E-state index is -4.42. The lowest BCUT2D eigenvalue weighted by Crippen LogP contribution is -2.36. The van der Waals surface area contributed by atoms with Crippen LogP contribution in [0.5, 0.6) is 0 Å². The van der Waals surface area contributed by atoms with Gasteiger partial charge >= 0.3 is 0 Å². The molecule has 0 saturated heterocycles. The summed E-state index contributed by atoms with van der Waals surface area (Å²) in [6, 6.07) is 22.7. The second kappa shape index (κ2) is 9.30. The van der Waals surface area contributed by atoms with E-state index in [-0.39, 0.29) is 6.61 Å². The third kappa shape index (κ3) is 5.11. The molecule has 0 radical (unpaired) electrons. The number of aryl methyl sites for hydroxylation is 1. The zero-order valence-corrected chi connectivity index (χ0v) is 18.2. The Hall–Kier alpha value is -3.20. The number of nitrogens with zero attached hydrogens (tertiary/aromatic N) is 1. The molecule has 3 aromatic carbocycles. The second-order valence-corrected chi connectivity index (χ2v) is 7.91. The molecule has 4 aromatic rings. The van der Waals surface area contributed by atoms with E-state index in [9.17, 15) is 13.0 Å². The van der Waals surface area contributed by atoms with Crippen LogP contribution < -0.4 is 16.0 Å². The van der Waals surface area contributed by atoms with E-state index in [0.29, 0.717) is 0 Å². The van der Waals surface area contributed by atoms with Crippen LogP contribution in [0.2, 0.25) is 0 Å². The molecule has 1 aromatic heterocycles. The number of anilines is 2. The van der Waals surface area contributed by atoms with Crippen LogP contribution in [0.15, 0.2) is 66.7 Å². The molecule has 0 bridgehead atoms. The maximum absolute atomic E-state index is 9.45. The Morgan fingerprint density at radius 2 is 1.48 bits per heavy atom. The van der Waals surface area contributed by atoms with Gasteiger partial charge in [-0.25, -0.2) is 8.42 Å². The molecule has 0 aliphatic heterocycles. The lowest BCUT2D eigenvalue weighted by Gasteiger charge is -2.12. The quantitative estimate of drug-likeness (QED) is 0.165. The van der Waals surface area contributed by atoms with Gasteiger partial charge in [0.1, 0.15) is 6.54 Å². The number of pyridine rings is 1. The van der Waals surface area contributed by atoms with Crippen molar-refractivity contribution in [2.45, 2.75) is 20.4 Å². The summed E-state index contributed by atoms with van der Waals surface area (Å²) in [5.74, 6) is 0. The highest BCUT2D eigenvalue weighted by molar-refractivity contribution is 7.80. The molecule has 4 N–H and O–H groups in total. The van der Waals surface area contributed by atoms with Crippen molar-refractivity contribution < 1.29 is 21.7 Å². The molecule has 8 heteroatoms. The molecule has 7 nitrogen and oxygen atoms in total. The van der Waals surface area contributed by atoms with Gasteiger partial charge in [0, 0.05) is 28.4 Å². The van der Waals surface area contributed by atoms with Crippen molar-refractivity contribution in [3.63, 3.8) is 0 Å². The standard InChI is InChI=1S/C21H19N3.C2H6O4S/c1-2-24-20-13-16(23)9-11-18(20)17-10-8-15(22)12-19(17)21(24)14-6-4-3-5-7-14;1-2-6-7(3,4)5/h3-13,23H,2,22H2,1H3;2H2,1H3,(H,3,4,5). The molecule has 31 heavy (non-hydrogen) atoms. The smallest absolute Gasteiger partial charge is 0.220 e. The van der Waals surface area contributed by atoms with Gasteiger partial charge in [-0.3, -0.25) is 4.18 Å². The van der Waals surface area contributed by atoms with Crippen LogP contribution >= 0.6 is 0 Å². The fourth-order valence-corrected chi connectivity index (χ4v) is 3.93. The van der Waals surface area contributed by atoms with Crippen molar-refractivity contribution in [2.75, 3.05) is 18.1 Å². The van der Waals surface area contributed by atoms with Crippen molar-refractivity contribution in [3.05, 3.63) is 66.7 Å². The third-order valence-corrected chi connectivity index (χ3v) is 5.32. The van der Waals surface area contributed by atoms with E-state index >= 15 is 0 Å². The number of nitrogen functional groups attached to an aromatic ring is 2. The number of aromatic nitrogens is 1. The van der Waals surface area contributed by atoms with Crippen molar-refractivity contribution in [2.24, 2.45) is 0 Å². The molecule has 0 fully saturated rings. The Bertz CT molecular complexity index is 1320. The molecule has 0 saturated carbocycles. The van der Waals surface area contributed by atoms with Gasteiger partial charge in [-0.15, -0.1) is 0 Å².